The molecule has 0 aromatic heterocycles. The van der Waals surface area contributed by atoms with Crippen LogP contribution in [0.4, 0.5) is 0 Å². The van der Waals surface area contributed by atoms with Gasteiger partial charge in [-0.1, -0.05) is 0 Å². The van der Waals surface area contributed by atoms with Gasteiger partial charge in [0.05, 0.1) is 12.5 Å². The molecule has 6 nitrogen and oxygen atoms in total. The average molecular weight is 230 g/mol. The number of piperazine rings is 1. The Morgan fingerprint density at radius 1 is 1.25 bits per heavy atom. The Labute approximate surface area is 94.4 Å². The second kappa shape index (κ2) is 5.81. The molecular weight excluding hydrogens is 212 g/mol. The Morgan fingerprint density at radius 3 is 2.25 bits per heavy atom. The van der Waals surface area contributed by atoms with E-state index in [9.17, 15) is 14.7 Å². The molecule has 1 aliphatic rings. The van der Waals surface area contributed by atoms with E-state index in [1.165, 1.54) is 6.92 Å². The lowest BCUT2D eigenvalue weighted by molar-refractivity contribution is -0.139. The molecule has 16 heavy (non-hydrogen) atoms. The maximum Gasteiger partial charge on any atom is 0.306 e. The van der Waals surface area contributed by atoms with E-state index in [1.54, 1.807) is 4.90 Å². The highest BCUT2D eigenvalue weighted by Crippen LogP contribution is 2.04. The monoisotopic (exact) mass is 230 g/mol. The summed E-state index contributed by atoms with van der Waals surface area (Å²) in [6, 6.07) is 0. The summed E-state index contributed by atoms with van der Waals surface area (Å²) in [6.07, 6.45) is -1.06. The summed E-state index contributed by atoms with van der Waals surface area (Å²) in [4.78, 5) is 25.1. The van der Waals surface area contributed by atoms with Gasteiger partial charge in [-0.15, -0.1) is 0 Å². The number of rotatable bonds is 4. The zero-order valence-corrected chi connectivity index (χ0v) is 9.43. The molecule has 0 radical (unpaired) electrons. The Morgan fingerprint density at radius 2 is 1.81 bits per heavy atom. The van der Waals surface area contributed by atoms with Gasteiger partial charge in [0.1, 0.15) is 0 Å². The van der Waals surface area contributed by atoms with Crippen LogP contribution in [0.5, 0.6) is 0 Å². The van der Waals surface area contributed by atoms with Crippen molar-refractivity contribution in [3.63, 3.8) is 0 Å². The molecule has 1 fully saturated rings. The van der Waals surface area contributed by atoms with Gasteiger partial charge in [0.15, 0.2) is 0 Å². The van der Waals surface area contributed by atoms with Gasteiger partial charge in [-0.05, 0) is 0 Å². The van der Waals surface area contributed by atoms with Crippen molar-refractivity contribution >= 4 is 11.9 Å². The van der Waals surface area contributed by atoms with Crippen molar-refractivity contribution < 1.29 is 19.8 Å². The molecule has 0 aromatic rings. The number of hydrogen-bond acceptors (Lipinski definition) is 4. The summed E-state index contributed by atoms with van der Waals surface area (Å²) in [5.74, 6) is -0.930. The summed E-state index contributed by atoms with van der Waals surface area (Å²) in [7, 11) is 0. The molecule has 0 bridgehead atoms. The number of aliphatic hydroxyl groups excluding tert-OH is 1. The van der Waals surface area contributed by atoms with E-state index in [2.05, 4.69) is 0 Å². The second-order valence-electron chi connectivity index (χ2n) is 4.06. The largest absolute Gasteiger partial charge is 0.481 e. The minimum absolute atomic E-state index is 0.0609. The average Bonchev–Trinajstić information content (AvgIpc) is 2.16. The normalized spacial score (nSPS) is 19.5. The van der Waals surface area contributed by atoms with Crippen molar-refractivity contribution in [2.75, 3.05) is 32.7 Å². The van der Waals surface area contributed by atoms with Crippen molar-refractivity contribution in [3.8, 4) is 0 Å². The van der Waals surface area contributed by atoms with Crippen LogP contribution in [-0.2, 0) is 9.59 Å². The van der Waals surface area contributed by atoms with Crippen molar-refractivity contribution in [1.29, 1.82) is 0 Å². The van der Waals surface area contributed by atoms with Crippen LogP contribution < -0.4 is 0 Å². The Balaban J connectivity index is 2.26. The van der Waals surface area contributed by atoms with Crippen LogP contribution in [0.1, 0.15) is 13.3 Å². The minimum atomic E-state index is -0.991. The lowest BCUT2D eigenvalue weighted by Crippen LogP contribution is -2.50. The number of carboxylic acid groups (broad SMARTS) is 1. The van der Waals surface area contributed by atoms with E-state index in [1.807, 2.05) is 4.90 Å². The third-order valence-corrected chi connectivity index (χ3v) is 2.70. The zero-order valence-electron chi connectivity index (χ0n) is 9.43. The van der Waals surface area contributed by atoms with E-state index in [4.69, 9.17) is 5.11 Å². The van der Waals surface area contributed by atoms with Crippen molar-refractivity contribution in [3.05, 3.63) is 0 Å². The fourth-order valence-electron chi connectivity index (χ4n) is 1.81. The van der Waals surface area contributed by atoms with Crippen LogP contribution in [0.3, 0.4) is 0 Å². The number of amides is 1. The van der Waals surface area contributed by atoms with Gasteiger partial charge in [-0.3, -0.25) is 14.5 Å². The molecular formula is C10H18N2O4. The molecule has 1 aliphatic heterocycles. The van der Waals surface area contributed by atoms with E-state index in [0.29, 0.717) is 32.7 Å². The maximum atomic E-state index is 11.1. The van der Waals surface area contributed by atoms with Gasteiger partial charge in [0.2, 0.25) is 5.91 Å². The molecule has 1 heterocycles. The predicted molar refractivity (Wildman–Crippen MR) is 57.0 cm³/mol. The first-order valence-electron chi connectivity index (χ1n) is 5.36. The van der Waals surface area contributed by atoms with E-state index < -0.39 is 12.1 Å². The zero-order chi connectivity index (χ0) is 12.1. The van der Waals surface area contributed by atoms with Gasteiger partial charge in [-0.2, -0.15) is 0 Å². The highest BCUT2D eigenvalue weighted by molar-refractivity contribution is 5.73. The maximum absolute atomic E-state index is 11.1. The highest BCUT2D eigenvalue weighted by Gasteiger charge is 2.21. The molecule has 0 spiro atoms. The van der Waals surface area contributed by atoms with Gasteiger partial charge < -0.3 is 15.1 Å². The first kappa shape index (κ1) is 12.9. The number of aliphatic hydroxyl groups is 1. The SMILES string of the molecule is CC(=O)N1CCN(CC(O)CC(=O)O)CC1. The highest BCUT2D eigenvalue weighted by atomic mass is 16.4. The van der Waals surface area contributed by atoms with Gasteiger partial charge in [0, 0.05) is 39.6 Å². The lowest BCUT2D eigenvalue weighted by Gasteiger charge is -2.34. The molecule has 1 atom stereocenters. The first-order chi connectivity index (χ1) is 7.49. The molecule has 92 valence electrons. The summed E-state index contributed by atoms with van der Waals surface area (Å²) < 4.78 is 0. The molecule has 0 aliphatic carbocycles. The summed E-state index contributed by atoms with van der Waals surface area (Å²) in [5, 5.41) is 17.9. The number of carboxylic acids is 1. The lowest BCUT2D eigenvalue weighted by atomic mass is 10.2. The third kappa shape index (κ3) is 4.16. The van der Waals surface area contributed by atoms with Crippen LogP contribution in [0.2, 0.25) is 0 Å². The van der Waals surface area contributed by atoms with Gasteiger partial charge in [0.25, 0.3) is 0 Å². The van der Waals surface area contributed by atoms with Crippen LogP contribution in [0.25, 0.3) is 0 Å². The van der Waals surface area contributed by atoms with E-state index in [0.717, 1.165) is 0 Å². The number of nitrogens with zero attached hydrogens (tertiary/aromatic N) is 2. The number of aliphatic carboxylic acids is 1. The molecule has 1 saturated heterocycles. The molecule has 6 heteroatoms. The molecule has 2 N–H and O–H groups in total. The quantitative estimate of drug-likeness (QED) is 0.646. The summed E-state index contributed by atoms with van der Waals surface area (Å²) >= 11 is 0. The standard InChI is InChI=1S/C10H18N2O4/c1-8(13)12-4-2-11(3-5-12)7-9(14)6-10(15)16/h9,14H,2-7H2,1H3,(H,15,16). The number of carbonyl (C=O) groups excluding carboxylic acids is 1. The molecule has 1 amide bonds. The molecule has 0 saturated carbocycles. The fraction of sp³-hybridized carbons (Fsp3) is 0.800. The Bertz CT molecular complexity index is 262. The van der Waals surface area contributed by atoms with Crippen LogP contribution >= 0.6 is 0 Å². The van der Waals surface area contributed by atoms with Crippen molar-refractivity contribution in [2.45, 2.75) is 19.4 Å². The Kier molecular flexibility index (Phi) is 4.70. The number of carbonyl (C=O) groups is 2. The smallest absolute Gasteiger partial charge is 0.306 e. The first-order valence-corrected chi connectivity index (χ1v) is 5.36. The van der Waals surface area contributed by atoms with Gasteiger partial charge >= 0.3 is 5.97 Å². The van der Waals surface area contributed by atoms with E-state index >= 15 is 0 Å². The van der Waals surface area contributed by atoms with Crippen LogP contribution in [-0.4, -0.2) is 70.7 Å². The van der Waals surface area contributed by atoms with E-state index in [-0.39, 0.29) is 12.3 Å². The van der Waals surface area contributed by atoms with Crippen molar-refractivity contribution in [1.82, 2.24) is 9.80 Å². The minimum Gasteiger partial charge on any atom is -0.481 e. The van der Waals surface area contributed by atoms with Crippen LogP contribution in [0, 0.1) is 0 Å². The van der Waals surface area contributed by atoms with Crippen LogP contribution in [0.15, 0.2) is 0 Å². The third-order valence-electron chi connectivity index (χ3n) is 2.70. The summed E-state index contributed by atoms with van der Waals surface area (Å²) in [5.41, 5.74) is 0. The fourth-order valence-corrected chi connectivity index (χ4v) is 1.81. The molecule has 1 unspecified atom stereocenters. The second-order valence-corrected chi connectivity index (χ2v) is 4.06. The predicted octanol–water partition coefficient (Wildman–Crippen LogP) is -1.01. The number of β-amino-alcohol motifs (C(OH)–C–C–N with tert-alkyl or cyclic N) is 1. The molecule has 0 aromatic carbocycles. The Hall–Kier alpha value is -1.14. The van der Waals surface area contributed by atoms with Gasteiger partial charge in [-0.25, -0.2) is 0 Å². The number of hydrogen-bond donors (Lipinski definition) is 2. The molecule has 1 rings (SSSR count). The topological polar surface area (TPSA) is 81.1 Å². The van der Waals surface area contributed by atoms with Crippen molar-refractivity contribution in [2.24, 2.45) is 0 Å². The summed E-state index contributed by atoms with van der Waals surface area (Å²) in [6.45, 7) is 4.57.